The minimum atomic E-state index is -4.65. The molecule has 0 bridgehead atoms. The average Bonchev–Trinajstić information content (AvgIpc) is 2.57. The Balaban J connectivity index is 2.38. The van der Waals surface area contributed by atoms with Crippen molar-refractivity contribution in [1.29, 1.82) is 0 Å². The number of hydrogen-bond acceptors (Lipinski definition) is 2. The normalized spacial score (nSPS) is 20.3. The van der Waals surface area contributed by atoms with Gasteiger partial charge in [0.05, 0.1) is 11.6 Å². The highest BCUT2D eigenvalue weighted by Crippen LogP contribution is 2.31. The Bertz CT molecular complexity index is 507. The van der Waals surface area contributed by atoms with Gasteiger partial charge in [-0.1, -0.05) is 0 Å². The summed E-state index contributed by atoms with van der Waals surface area (Å²) in [5.74, 6) is -2.68. The first-order valence-corrected chi connectivity index (χ1v) is 5.06. The number of alkyl halides is 3. The van der Waals surface area contributed by atoms with E-state index in [0.717, 1.165) is 19.1 Å². The predicted molar refractivity (Wildman–Crippen MR) is 56.5 cm³/mol. The van der Waals surface area contributed by atoms with E-state index < -0.39 is 29.5 Å². The minimum Gasteiger partial charge on any atom is -0.272 e. The van der Waals surface area contributed by atoms with Gasteiger partial charge in [0.25, 0.3) is 5.91 Å². The van der Waals surface area contributed by atoms with Crippen LogP contribution in [0.25, 0.3) is 0 Å². The Morgan fingerprint density at radius 1 is 1.22 bits per heavy atom. The molecule has 1 atom stereocenters. The Labute approximate surface area is 99.7 Å². The average molecular weight is 260 g/mol. The van der Waals surface area contributed by atoms with Crippen LogP contribution >= 0.6 is 0 Å². The molecule has 1 unspecified atom stereocenters. The van der Waals surface area contributed by atoms with Gasteiger partial charge in [-0.05, 0) is 31.2 Å². The van der Waals surface area contributed by atoms with Crippen LogP contribution in [0, 0.1) is 11.7 Å². The van der Waals surface area contributed by atoms with Gasteiger partial charge in [-0.3, -0.25) is 4.79 Å². The zero-order valence-electron chi connectivity index (χ0n) is 9.20. The van der Waals surface area contributed by atoms with Crippen molar-refractivity contribution in [2.24, 2.45) is 11.0 Å². The van der Waals surface area contributed by atoms with E-state index in [9.17, 15) is 22.4 Å². The van der Waals surface area contributed by atoms with E-state index in [0.29, 0.717) is 5.01 Å². The van der Waals surface area contributed by atoms with E-state index in [1.807, 2.05) is 0 Å². The molecule has 1 aliphatic rings. The second-order valence-electron chi connectivity index (χ2n) is 3.83. The van der Waals surface area contributed by atoms with Crippen molar-refractivity contribution in [1.82, 2.24) is 0 Å². The number of anilines is 1. The van der Waals surface area contributed by atoms with Gasteiger partial charge in [-0.2, -0.15) is 23.3 Å². The third-order valence-electron chi connectivity index (χ3n) is 2.56. The first-order chi connectivity index (χ1) is 8.30. The lowest BCUT2D eigenvalue weighted by Gasteiger charge is -2.12. The van der Waals surface area contributed by atoms with Gasteiger partial charge in [-0.25, -0.2) is 4.39 Å². The fourth-order valence-corrected chi connectivity index (χ4v) is 1.61. The molecule has 1 heterocycles. The van der Waals surface area contributed by atoms with Gasteiger partial charge >= 0.3 is 6.18 Å². The molecule has 7 heteroatoms. The molecule has 1 aliphatic heterocycles. The molecule has 0 fully saturated rings. The third-order valence-corrected chi connectivity index (χ3v) is 2.56. The Morgan fingerprint density at radius 2 is 1.78 bits per heavy atom. The summed E-state index contributed by atoms with van der Waals surface area (Å²) in [6, 6.07) is 4.49. The predicted octanol–water partition coefficient (Wildman–Crippen LogP) is 2.73. The van der Waals surface area contributed by atoms with Crippen molar-refractivity contribution in [3.63, 3.8) is 0 Å². The monoisotopic (exact) mass is 260 g/mol. The van der Waals surface area contributed by atoms with Gasteiger partial charge in [0.15, 0.2) is 5.71 Å². The quantitative estimate of drug-likeness (QED) is 0.714. The van der Waals surface area contributed by atoms with E-state index in [1.54, 1.807) is 0 Å². The second-order valence-corrected chi connectivity index (χ2v) is 3.83. The number of halogens is 4. The smallest absolute Gasteiger partial charge is 0.272 e. The molecule has 0 saturated heterocycles. The van der Waals surface area contributed by atoms with Crippen molar-refractivity contribution >= 4 is 17.3 Å². The summed E-state index contributed by atoms with van der Waals surface area (Å²) in [7, 11) is 0. The van der Waals surface area contributed by atoms with Gasteiger partial charge in [0.1, 0.15) is 5.82 Å². The van der Waals surface area contributed by atoms with Gasteiger partial charge in [0.2, 0.25) is 0 Å². The standard InChI is InChI=1S/C11H8F4N2O/c1-6-9(11(13,14)15)16-17(10(6)18)8-4-2-7(12)3-5-8/h2-6H,1H3. The van der Waals surface area contributed by atoms with Gasteiger partial charge < -0.3 is 0 Å². The first-order valence-electron chi connectivity index (χ1n) is 5.06. The summed E-state index contributed by atoms with van der Waals surface area (Å²) >= 11 is 0. The van der Waals surface area contributed by atoms with Crippen LogP contribution in [-0.2, 0) is 4.79 Å². The van der Waals surface area contributed by atoms with Gasteiger partial charge in [0, 0.05) is 0 Å². The van der Waals surface area contributed by atoms with Crippen LogP contribution < -0.4 is 5.01 Å². The van der Waals surface area contributed by atoms with Crippen LogP contribution in [0.4, 0.5) is 23.2 Å². The largest absolute Gasteiger partial charge is 0.432 e. The molecule has 18 heavy (non-hydrogen) atoms. The Hall–Kier alpha value is -1.92. The summed E-state index contributed by atoms with van der Waals surface area (Å²) in [4.78, 5) is 11.7. The second kappa shape index (κ2) is 4.08. The molecule has 0 saturated carbocycles. The van der Waals surface area contributed by atoms with Crippen LogP contribution in [0.5, 0.6) is 0 Å². The Morgan fingerprint density at radius 3 is 2.22 bits per heavy atom. The lowest BCUT2D eigenvalue weighted by atomic mass is 10.1. The topological polar surface area (TPSA) is 32.7 Å². The molecule has 0 radical (unpaired) electrons. The van der Waals surface area contributed by atoms with E-state index >= 15 is 0 Å². The highest BCUT2D eigenvalue weighted by Gasteiger charge is 2.48. The number of rotatable bonds is 1. The van der Waals surface area contributed by atoms with Crippen molar-refractivity contribution < 1.29 is 22.4 Å². The molecule has 0 aliphatic carbocycles. The van der Waals surface area contributed by atoms with Crippen LogP contribution in [0.2, 0.25) is 0 Å². The van der Waals surface area contributed by atoms with Crippen molar-refractivity contribution in [3.05, 3.63) is 30.1 Å². The number of benzene rings is 1. The third kappa shape index (κ3) is 2.07. The van der Waals surface area contributed by atoms with E-state index in [2.05, 4.69) is 5.10 Å². The van der Waals surface area contributed by atoms with Crippen molar-refractivity contribution in [3.8, 4) is 0 Å². The zero-order valence-corrected chi connectivity index (χ0v) is 9.20. The molecule has 0 aromatic heterocycles. The molecule has 1 aromatic rings. The van der Waals surface area contributed by atoms with E-state index in [-0.39, 0.29) is 5.69 Å². The number of carbonyl (C=O) groups is 1. The number of nitrogens with zero attached hydrogens (tertiary/aromatic N) is 2. The van der Waals surface area contributed by atoms with Crippen molar-refractivity contribution in [2.75, 3.05) is 5.01 Å². The summed E-state index contributed by atoms with van der Waals surface area (Å²) in [6.45, 7) is 1.14. The maximum absolute atomic E-state index is 12.7. The molecule has 0 N–H and O–H groups in total. The summed E-state index contributed by atoms with van der Waals surface area (Å²) in [5, 5.41) is 3.92. The first kappa shape index (κ1) is 12.5. The molecular weight excluding hydrogens is 252 g/mol. The molecule has 3 nitrogen and oxygen atoms in total. The number of hydrazone groups is 1. The van der Waals surface area contributed by atoms with Gasteiger partial charge in [-0.15, -0.1) is 0 Å². The number of amides is 1. The van der Waals surface area contributed by atoms with Crippen LogP contribution in [0.3, 0.4) is 0 Å². The van der Waals surface area contributed by atoms with Crippen molar-refractivity contribution in [2.45, 2.75) is 13.1 Å². The number of carbonyl (C=O) groups excluding carboxylic acids is 1. The summed E-state index contributed by atoms with van der Waals surface area (Å²) in [5.41, 5.74) is -1.04. The molecule has 0 spiro atoms. The highest BCUT2D eigenvalue weighted by atomic mass is 19.4. The molecule has 1 amide bonds. The molecule has 1 aromatic carbocycles. The summed E-state index contributed by atoms with van der Waals surface area (Å²) in [6.07, 6.45) is -4.65. The summed E-state index contributed by atoms with van der Waals surface area (Å²) < 4.78 is 50.4. The fourth-order valence-electron chi connectivity index (χ4n) is 1.61. The maximum atomic E-state index is 12.7. The number of hydrogen-bond donors (Lipinski definition) is 0. The zero-order chi connectivity index (χ0) is 13.5. The van der Waals surface area contributed by atoms with Crippen LogP contribution in [-0.4, -0.2) is 17.8 Å². The molecule has 2 rings (SSSR count). The fraction of sp³-hybridized carbons (Fsp3) is 0.273. The van der Waals surface area contributed by atoms with Crippen LogP contribution in [0.15, 0.2) is 29.4 Å². The van der Waals surface area contributed by atoms with E-state index in [4.69, 9.17) is 0 Å². The lowest BCUT2D eigenvalue weighted by Crippen LogP contribution is -2.31. The van der Waals surface area contributed by atoms with Crippen LogP contribution in [0.1, 0.15) is 6.92 Å². The molecule has 96 valence electrons. The SMILES string of the molecule is CC1C(=O)N(c2ccc(F)cc2)N=C1C(F)(F)F. The highest BCUT2D eigenvalue weighted by molar-refractivity contribution is 6.17. The maximum Gasteiger partial charge on any atom is 0.432 e. The molecular formula is C11H8F4N2O. The minimum absolute atomic E-state index is 0.104. The lowest BCUT2D eigenvalue weighted by molar-refractivity contribution is -0.120. The Kier molecular flexibility index (Phi) is 2.84. The van der Waals surface area contributed by atoms with E-state index in [1.165, 1.54) is 12.1 Å².